The number of hydrogen-bond donors (Lipinski definition) is 0. The van der Waals surface area contributed by atoms with E-state index < -0.39 is 4.65 Å². The van der Waals surface area contributed by atoms with Gasteiger partial charge in [0.1, 0.15) is 5.69 Å². The molecule has 1 aliphatic carbocycles. The molecular weight excluding hydrogens is 346 g/mol. The summed E-state index contributed by atoms with van der Waals surface area (Å²) in [5.74, 6) is 1.03. The molecule has 0 bridgehead atoms. The minimum absolute atomic E-state index is 0.294. The van der Waals surface area contributed by atoms with Crippen LogP contribution in [0.4, 0.5) is 11.4 Å². The average molecular weight is 368 g/mol. The molecule has 134 valence electrons. The number of quaternary nitrogens is 1. The summed E-state index contributed by atoms with van der Waals surface area (Å²) >= 11 is 6.25. The minimum atomic E-state index is -0.454. The molecule has 26 heavy (non-hydrogen) atoms. The Bertz CT molecular complexity index is 869. The predicted molar refractivity (Wildman–Crippen MR) is 107 cm³/mol. The monoisotopic (exact) mass is 367 g/mol. The van der Waals surface area contributed by atoms with Gasteiger partial charge in [0.25, 0.3) is 0 Å². The van der Waals surface area contributed by atoms with Crippen molar-refractivity contribution in [1.29, 1.82) is 0 Å². The lowest BCUT2D eigenvalue weighted by molar-refractivity contribution is 0.251. The molecule has 0 radical (unpaired) electrons. The van der Waals surface area contributed by atoms with E-state index in [4.69, 9.17) is 16.6 Å². The van der Waals surface area contributed by atoms with E-state index in [1.54, 1.807) is 0 Å². The zero-order chi connectivity index (χ0) is 17.7. The number of nitrogens with zero attached hydrogens (tertiary/aromatic N) is 3. The highest BCUT2D eigenvalue weighted by atomic mass is 35.5. The fraction of sp³-hybridized carbons (Fsp3) is 0.381. The van der Waals surface area contributed by atoms with Gasteiger partial charge in [0.05, 0.1) is 19.1 Å². The van der Waals surface area contributed by atoms with Gasteiger partial charge in [0.2, 0.25) is 0 Å². The summed E-state index contributed by atoms with van der Waals surface area (Å²) < 4.78 is -0.454. The molecule has 2 heterocycles. The number of fused-ring (bicyclic) bond motifs is 4. The highest BCUT2D eigenvalue weighted by Crippen LogP contribution is 2.48. The molecule has 5 heteroatoms. The van der Waals surface area contributed by atoms with Crippen molar-refractivity contribution in [2.24, 2.45) is 10.9 Å². The third-order valence-corrected chi connectivity index (χ3v) is 6.24. The summed E-state index contributed by atoms with van der Waals surface area (Å²) in [6.45, 7) is 1.25. The van der Waals surface area contributed by atoms with Crippen LogP contribution >= 0.6 is 11.6 Å². The van der Waals surface area contributed by atoms with Crippen LogP contribution in [-0.2, 0) is 6.54 Å². The molecule has 0 spiro atoms. The maximum absolute atomic E-state index is 14.0. The first-order valence-corrected chi connectivity index (χ1v) is 9.82. The van der Waals surface area contributed by atoms with Gasteiger partial charge in [0, 0.05) is 17.0 Å². The maximum Gasteiger partial charge on any atom is 0.310 e. The van der Waals surface area contributed by atoms with Crippen molar-refractivity contribution in [1.82, 2.24) is 4.65 Å². The summed E-state index contributed by atoms with van der Waals surface area (Å²) in [5, 5.41) is 14.6. The van der Waals surface area contributed by atoms with Crippen molar-refractivity contribution in [3.8, 4) is 0 Å². The zero-order valence-corrected chi connectivity index (χ0v) is 15.4. The Labute approximate surface area is 158 Å². The van der Waals surface area contributed by atoms with E-state index in [1.807, 2.05) is 36.4 Å². The molecule has 2 aromatic rings. The average Bonchev–Trinajstić information content (AvgIpc) is 2.88. The summed E-state index contributed by atoms with van der Waals surface area (Å²) in [5.41, 5.74) is 2.87. The Hall–Kier alpha value is -1.88. The van der Waals surface area contributed by atoms with Gasteiger partial charge in [0.15, 0.2) is 5.69 Å². The van der Waals surface area contributed by atoms with E-state index >= 15 is 0 Å². The number of hydroxylamine groups is 2. The number of guanidine groups is 1. The highest BCUT2D eigenvalue weighted by Gasteiger charge is 2.50. The van der Waals surface area contributed by atoms with Crippen molar-refractivity contribution < 1.29 is 0 Å². The second-order valence-electron chi connectivity index (χ2n) is 7.67. The lowest BCUT2D eigenvalue weighted by Gasteiger charge is -2.46. The highest BCUT2D eigenvalue weighted by molar-refractivity contribution is 6.31. The van der Waals surface area contributed by atoms with E-state index in [9.17, 15) is 5.21 Å². The minimum Gasteiger partial charge on any atom is -0.619 e. The molecule has 1 fully saturated rings. The summed E-state index contributed by atoms with van der Waals surface area (Å²) in [6.07, 6.45) is 4.64. The van der Waals surface area contributed by atoms with Crippen LogP contribution in [0.2, 0.25) is 5.02 Å². The van der Waals surface area contributed by atoms with E-state index in [0.717, 1.165) is 24.2 Å². The largest absolute Gasteiger partial charge is 0.619 e. The van der Waals surface area contributed by atoms with Crippen LogP contribution in [0.3, 0.4) is 0 Å². The first-order valence-electron chi connectivity index (χ1n) is 9.44. The van der Waals surface area contributed by atoms with Gasteiger partial charge in [-0.3, -0.25) is 9.55 Å². The van der Waals surface area contributed by atoms with Crippen molar-refractivity contribution in [2.75, 3.05) is 11.4 Å². The molecule has 3 unspecified atom stereocenters. The number of halogens is 1. The predicted octanol–water partition coefficient (Wildman–Crippen LogP) is 5.09. The second kappa shape index (κ2) is 6.08. The van der Waals surface area contributed by atoms with Crippen molar-refractivity contribution in [3.05, 3.63) is 64.3 Å². The number of aliphatic imine (C=N–C) groups is 1. The molecule has 0 saturated heterocycles. The van der Waals surface area contributed by atoms with Gasteiger partial charge >= 0.3 is 5.96 Å². The Balaban J connectivity index is 1.63. The van der Waals surface area contributed by atoms with Gasteiger partial charge < -0.3 is 5.21 Å². The van der Waals surface area contributed by atoms with Crippen LogP contribution in [0, 0.1) is 11.1 Å². The summed E-state index contributed by atoms with van der Waals surface area (Å²) in [6, 6.07) is 16.3. The number of rotatable bonds is 2. The topological polar surface area (TPSA) is 38.7 Å². The van der Waals surface area contributed by atoms with Crippen LogP contribution in [-0.4, -0.2) is 18.5 Å². The Morgan fingerprint density at radius 2 is 1.92 bits per heavy atom. The molecule has 0 aromatic heterocycles. The summed E-state index contributed by atoms with van der Waals surface area (Å²) in [4.78, 5) is 7.13. The van der Waals surface area contributed by atoms with Crippen molar-refractivity contribution in [3.63, 3.8) is 0 Å². The molecule has 3 atom stereocenters. The first kappa shape index (κ1) is 16.3. The van der Waals surface area contributed by atoms with Crippen LogP contribution in [0.15, 0.2) is 53.5 Å². The van der Waals surface area contributed by atoms with Crippen LogP contribution in [0.1, 0.15) is 31.2 Å². The van der Waals surface area contributed by atoms with Gasteiger partial charge in [-0.1, -0.05) is 54.8 Å². The Morgan fingerprint density at radius 3 is 2.77 bits per heavy atom. The molecule has 0 N–H and O–H groups in total. The smallest absolute Gasteiger partial charge is 0.310 e. The van der Waals surface area contributed by atoms with Gasteiger partial charge in [-0.15, -0.1) is 0 Å². The molecule has 4 nitrogen and oxygen atoms in total. The number of benzene rings is 2. The van der Waals surface area contributed by atoms with Crippen LogP contribution in [0.25, 0.3) is 0 Å². The van der Waals surface area contributed by atoms with Crippen molar-refractivity contribution >= 4 is 28.9 Å². The first-order chi connectivity index (χ1) is 12.6. The lowest BCUT2D eigenvalue weighted by atomic mass is 9.83. The fourth-order valence-corrected chi connectivity index (χ4v) is 4.91. The molecule has 2 aliphatic heterocycles. The molecule has 2 aromatic carbocycles. The van der Waals surface area contributed by atoms with E-state index in [1.165, 1.54) is 18.4 Å². The lowest BCUT2D eigenvalue weighted by Crippen LogP contribution is -2.59. The van der Waals surface area contributed by atoms with Crippen molar-refractivity contribution in [2.45, 2.75) is 38.3 Å². The van der Waals surface area contributed by atoms with E-state index in [0.29, 0.717) is 36.0 Å². The SMILES string of the molecule is [O-][N+]12CC3CCCCC3N=C1N(Cc1ccccc1)c1ccc(Cl)cc12. The normalized spacial score (nSPS) is 29.6. The fourth-order valence-electron chi connectivity index (χ4n) is 4.74. The standard InChI is InChI=1S/C21H22ClN3O/c22-17-10-11-19-20(12-17)25(26)14-16-8-4-5-9-18(16)23-21(25)24(19)13-15-6-2-1-3-7-15/h1-3,6-7,10-12,16,18H,4-5,8-9,13-14H2. The van der Waals surface area contributed by atoms with Crippen LogP contribution in [0.5, 0.6) is 0 Å². The van der Waals surface area contributed by atoms with E-state index in [2.05, 4.69) is 17.0 Å². The second-order valence-corrected chi connectivity index (χ2v) is 8.10. The molecule has 1 saturated carbocycles. The molecular formula is C21H22ClN3O. The zero-order valence-electron chi connectivity index (χ0n) is 14.6. The third-order valence-electron chi connectivity index (χ3n) is 6.01. The molecule has 0 amide bonds. The Morgan fingerprint density at radius 1 is 1.12 bits per heavy atom. The van der Waals surface area contributed by atoms with Gasteiger partial charge in [-0.25, -0.2) is 4.99 Å². The molecule has 5 rings (SSSR count). The van der Waals surface area contributed by atoms with Gasteiger partial charge in [-0.05, 0) is 30.5 Å². The van der Waals surface area contributed by atoms with E-state index in [-0.39, 0.29) is 0 Å². The summed E-state index contributed by atoms with van der Waals surface area (Å²) in [7, 11) is 0. The maximum atomic E-state index is 14.0. The third kappa shape index (κ3) is 2.48. The quantitative estimate of drug-likeness (QED) is 0.547. The number of hydrogen-bond acceptors (Lipinski definition) is 3. The number of anilines is 1. The molecule has 3 aliphatic rings. The van der Waals surface area contributed by atoms with Crippen LogP contribution < -0.4 is 9.55 Å². The Kier molecular flexibility index (Phi) is 3.82. The van der Waals surface area contributed by atoms with Gasteiger partial charge in [-0.2, -0.15) is 0 Å².